The molecule has 2 aliphatic heterocycles. The Kier molecular flexibility index (Phi) is 6.68. The number of carbonyl (C=O) groups excluding carboxylic acids is 2. The molecule has 0 aromatic carbocycles. The molecule has 144 valence electrons. The number of amides is 2. The van der Waals surface area contributed by atoms with Crippen molar-refractivity contribution < 1.29 is 24.2 Å². The smallest absolute Gasteiger partial charge is 0.410 e. The maximum absolute atomic E-state index is 12.6. The minimum atomic E-state index is -0.898. The number of hydrogen-bond donors (Lipinski definition) is 1. The van der Waals surface area contributed by atoms with Crippen LogP contribution in [0.25, 0.3) is 0 Å². The number of carboxylic acid groups (broad SMARTS) is 1. The normalized spacial score (nSPS) is 22.4. The summed E-state index contributed by atoms with van der Waals surface area (Å²) in [4.78, 5) is 39.1. The van der Waals surface area contributed by atoms with Crippen LogP contribution in [0.15, 0.2) is 11.0 Å². The molecule has 2 aliphatic rings. The molecule has 1 atom stereocenters. The topological polar surface area (TPSA) is 87.2 Å². The largest absolute Gasteiger partial charge is 0.481 e. The van der Waals surface area contributed by atoms with Crippen LogP contribution in [0.1, 0.15) is 46.5 Å². The Hall–Kier alpha value is -1.61. The number of aliphatic carboxylic acids is 1. The Morgan fingerprint density at radius 3 is 2.73 bits per heavy atom. The van der Waals surface area contributed by atoms with Crippen molar-refractivity contribution in [3.8, 4) is 0 Å². The fourth-order valence-corrected chi connectivity index (χ4v) is 4.12. The van der Waals surface area contributed by atoms with Gasteiger partial charge >= 0.3 is 12.1 Å². The summed E-state index contributed by atoms with van der Waals surface area (Å²) in [5.74, 6) is -1.12. The van der Waals surface area contributed by atoms with Crippen molar-refractivity contribution in [1.29, 1.82) is 0 Å². The van der Waals surface area contributed by atoms with Gasteiger partial charge in [0.2, 0.25) is 0 Å². The van der Waals surface area contributed by atoms with Gasteiger partial charge in [0.1, 0.15) is 9.92 Å². The van der Waals surface area contributed by atoms with Gasteiger partial charge in [-0.15, -0.1) is 0 Å². The number of carboxylic acids is 1. The van der Waals surface area contributed by atoms with Crippen molar-refractivity contribution in [2.24, 2.45) is 0 Å². The zero-order chi connectivity index (χ0) is 19.5. The quantitative estimate of drug-likeness (QED) is 0.561. The zero-order valence-electron chi connectivity index (χ0n) is 15.2. The van der Waals surface area contributed by atoms with Crippen LogP contribution in [-0.4, -0.2) is 61.9 Å². The van der Waals surface area contributed by atoms with Crippen molar-refractivity contribution in [2.45, 2.75) is 58.1 Å². The lowest BCUT2D eigenvalue weighted by Gasteiger charge is -2.27. The van der Waals surface area contributed by atoms with E-state index in [4.69, 9.17) is 22.1 Å². The lowest BCUT2D eigenvalue weighted by atomic mass is 10.2. The predicted octanol–water partition coefficient (Wildman–Crippen LogP) is 2.99. The summed E-state index contributed by atoms with van der Waals surface area (Å²) in [7, 11) is 0. The summed E-state index contributed by atoms with van der Waals surface area (Å²) in [6.45, 7) is 6.33. The summed E-state index contributed by atoms with van der Waals surface area (Å²) in [6.07, 6.45) is 3.36. The number of ether oxygens (including phenoxy) is 1. The van der Waals surface area contributed by atoms with E-state index in [0.717, 1.165) is 12.8 Å². The summed E-state index contributed by atoms with van der Waals surface area (Å²) in [5, 5.41) is 8.72. The summed E-state index contributed by atoms with van der Waals surface area (Å²) < 4.78 is 5.86. The minimum absolute atomic E-state index is 0.00878. The van der Waals surface area contributed by atoms with Crippen LogP contribution >= 0.6 is 24.0 Å². The number of thioether (sulfide) groups is 1. The van der Waals surface area contributed by atoms with Crippen LogP contribution in [0.2, 0.25) is 0 Å². The molecule has 0 radical (unpaired) electrons. The molecule has 26 heavy (non-hydrogen) atoms. The van der Waals surface area contributed by atoms with Gasteiger partial charge in [0.05, 0.1) is 10.9 Å². The van der Waals surface area contributed by atoms with Crippen LogP contribution in [-0.2, 0) is 14.3 Å². The Morgan fingerprint density at radius 2 is 2.12 bits per heavy atom. The fraction of sp³-hybridized carbons (Fsp3) is 0.647. The summed E-state index contributed by atoms with van der Waals surface area (Å²) >= 11 is 6.44. The van der Waals surface area contributed by atoms with Gasteiger partial charge in [-0.3, -0.25) is 14.5 Å². The Balaban J connectivity index is 2.04. The first-order valence-electron chi connectivity index (χ1n) is 8.55. The molecule has 2 saturated heterocycles. The highest BCUT2D eigenvalue weighted by Crippen LogP contribution is 2.33. The number of rotatable bonds is 5. The lowest BCUT2D eigenvalue weighted by Crippen LogP contribution is -2.39. The third kappa shape index (κ3) is 5.44. The predicted molar refractivity (Wildman–Crippen MR) is 103 cm³/mol. The van der Waals surface area contributed by atoms with E-state index in [1.54, 1.807) is 11.0 Å². The van der Waals surface area contributed by atoms with Crippen LogP contribution in [0, 0.1) is 0 Å². The molecule has 0 aromatic rings. The van der Waals surface area contributed by atoms with Crippen molar-refractivity contribution in [2.75, 3.05) is 13.1 Å². The van der Waals surface area contributed by atoms with E-state index in [-0.39, 0.29) is 31.0 Å². The van der Waals surface area contributed by atoms with Gasteiger partial charge in [0.15, 0.2) is 0 Å². The first-order chi connectivity index (χ1) is 12.1. The lowest BCUT2D eigenvalue weighted by molar-refractivity contribution is -0.137. The third-order valence-corrected chi connectivity index (χ3v) is 5.31. The van der Waals surface area contributed by atoms with Crippen molar-refractivity contribution in [3.05, 3.63) is 11.0 Å². The van der Waals surface area contributed by atoms with E-state index in [9.17, 15) is 14.4 Å². The van der Waals surface area contributed by atoms with Crippen LogP contribution in [0.5, 0.6) is 0 Å². The molecular formula is C17H24N2O5S2. The number of carbonyl (C=O) groups is 3. The number of hydrogen-bond acceptors (Lipinski definition) is 6. The van der Waals surface area contributed by atoms with Gasteiger partial charge in [0, 0.05) is 19.5 Å². The summed E-state index contributed by atoms with van der Waals surface area (Å²) in [6, 6.07) is -0.196. The molecule has 7 nitrogen and oxygen atoms in total. The molecule has 2 amide bonds. The molecule has 2 rings (SSSR count). The van der Waals surface area contributed by atoms with E-state index in [1.807, 2.05) is 20.8 Å². The van der Waals surface area contributed by atoms with Crippen molar-refractivity contribution in [3.63, 3.8) is 0 Å². The third-order valence-electron chi connectivity index (χ3n) is 3.92. The Labute approximate surface area is 162 Å². The monoisotopic (exact) mass is 400 g/mol. The highest BCUT2D eigenvalue weighted by atomic mass is 32.2. The highest BCUT2D eigenvalue weighted by Gasteiger charge is 2.36. The minimum Gasteiger partial charge on any atom is -0.481 e. The SMILES string of the molecule is CC(C)(C)OC(=O)N1CCCC1/C=C1\SC(=S)N(CCCC(=O)O)C1=O. The molecule has 0 bridgehead atoms. The van der Waals surface area contributed by atoms with E-state index in [2.05, 4.69) is 0 Å². The Morgan fingerprint density at radius 1 is 1.42 bits per heavy atom. The number of thiocarbonyl (C=S) groups is 1. The second-order valence-electron chi connectivity index (χ2n) is 7.24. The first kappa shape index (κ1) is 20.7. The molecule has 0 spiro atoms. The van der Waals surface area contributed by atoms with E-state index >= 15 is 0 Å². The first-order valence-corrected chi connectivity index (χ1v) is 9.78. The molecule has 2 fully saturated rings. The van der Waals surface area contributed by atoms with Crippen LogP contribution < -0.4 is 0 Å². The van der Waals surface area contributed by atoms with E-state index in [1.165, 1.54) is 16.7 Å². The zero-order valence-corrected chi connectivity index (χ0v) is 16.8. The molecule has 0 aliphatic carbocycles. The van der Waals surface area contributed by atoms with Gasteiger partial charge in [-0.1, -0.05) is 24.0 Å². The van der Waals surface area contributed by atoms with Crippen LogP contribution in [0.4, 0.5) is 4.79 Å². The second-order valence-corrected chi connectivity index (χ2v) is 8.91. The molecule has 9 heteroatoms. The van der Waals surface area contributed by atoms with Gasteiger partial charge in [-0.05, 0) is 46.1 Å². The molecule has 0 saturated carbocycles. The molecule has 2 heterocycles. The molecular weight excluding hydrogens is 376 g/mol. The van der Waals surface area contributed by atoms with Gasteiger partial charge in [0.25, 0.3) is 5.91 Å². The Bertz CT molecular complexity index is 642. The number of likely N-dealkylation sites (tertiary alicyclic amines) is 1. The van der Waals surface area contributed by atoms with Gasteiger partial charge < -0.3 is 14.7 Å². The van der Waals surface area contributed by atoms with Crippen molar-refractivity contribution in [1.82, 2.24) is 9.80 Å². The second kappa shape index (κ2) is 8.39. The maximum atomic E-state index is 12.6. The summed E-state index contributed by atoms with van der Waals surface area (Å²) in [5.41, 5.74) is -0.572. The number of nitrogens with zero attached hydrogens (tertiary/aromatic N) is 2. The highest BCUT2D eigenvalue weighted by molar-refractivity contribution is 8.26. The average molecular weight is 401 g/mol. The van der Waals surface area contributed by atoms with E-state index < -0.39 is 11.6 Å². The average Bonchev–Trinajstić information content (AvgIpc) is 3.05. The fourth-order valence-electron chi connectivity index (χ4n) is 2.78. The molecule has 1 unspecified atom stereocenters. The molecule has 0 aromatic heterocycles. The van der Waals surface area contributed by atoms with E-state index in [0.29, 0.717) is 22.2 Å². The standard InChI is InChI=1S/C17H24N2O5S2/c1-17(2,3)24-15(23)18-8-4-6-11(18)10-12-14(22)19(16(25)26-12)9-5-7-13(20)21/h10-11H,4-9H2,1-3H3,(H,20,21)/b12-10-. The van der Waals surface area contributed by atoms with Gasteiger partial charge in [-0.25, -0.2) is 4.79 Å². The van der Waals surface area contributed by atoms with Crippen LogP contribution in [0.3, 0.4) is 0 Å². The van der Waals surface area contributed by atoms with Gasteiger partial charge in [-0.2, -0.15) is 0 Å². The van der Waals surface area contributed by atoms with Crippen molar-refractivity contribution >= 4 is 46.3 Å². The molecule has 1 N–H and O–H groups in total. The maximum Gasteiger partial charge on any atom is 0.410 e.